The van der Waals surface area contributed by atoms with Crippen molar-refractivity contribution in [2.24, 2.45) is 9.50 Å². The monoisotopic (exact) mass is 458 g/mol. The van der Waals surface area contributed by atoms with Gasteiger partial charge in [0.2, 0.25) is 0 Å². The van der Waals surface area contributed by atoms with Gasteiger partial charge in [0.05, 0.1) is 10.5 Å². The summed E-state index contributed by atoms with van der Waals surface area (Å²) in [6, 6.07) is 10.5. The standard InChI is InChI=1S/C22H20ClFN4O2S/c23-20-11-19(28-6-4-16-9-18(24)1-2-21(16)28)10-17-13-27(7-8-30-22(17)20)12-15-3-5-26-31(25,29)14-15/h1-6,9-11,14H,7-8,12-13H2,(H2,25,26,29). The maximum atomic E-state index is 13.6. The topological polar surface area (TPSA) is 72.8 Å². The van der Waals surface area contributed by atoms with Crippen LogP contribution in [0, 0.1) is 5.82 Å². The zero-order chi connectivity index (χ0) is 21.6. The Morgan fingerprint density at radius 2 is 2.13 bits per heavy atom. The number of halogens is 2. The largest absolute Gasteiger partial charge is 0.490 e. The first kappa shape index (κ1) is 20.3. The lowest BCUT2D eigenvalue weighted by atomic mass is 10.1. The summed E-state index contributed by atoms with van der Waals surface area (Å²) in [6.45, 7) is 2.33. The van der Waals surface area contributed by atoms with E-state index in [2.05, 4.69) is 9.26 Å². The average molecular weight is 459 g/mol. The average Bonchev–Trinajstić information content (AvgIpc) is 3.00. The Kier molecular flexibility index (Phi) is 5.10. The van der Waals surface area contributed by atoms with Gasteiger partial charge < -0.3 is 9.30 Å². The van der Waals surface area contributed by atoms with Crippen LogP contribution < -0.4 is 9.88 Å². The third kappa shape index (κ3) is 4.12. The van der Waals surface area contributed by atoms with Crippen LogP contribution in [-0.4, -0.2) is 33.4 Å². The fourth-order valence-corrected chi connectivity index (χ4v) is 5.17. The number of benzene rings is 2. The van der Waals surface area contributed by atoms with Crippen LogP contribution in [0.1, 0.15) is 5.56 Å². The molecule has 1 atom stereocenters. The molecule has 2 aliphatic rings. The summed E-state index contributed by atoms with van der Waals surface area (Å²) in [5, 5.41) is 8.54. The fourth-order valence-electron chi connectivity index (χ4n) is 3.98. The quantitative estimate of drug-likeness (QED) is 0.633. The zero-order valence-electron chi connectivity index (χ0n) is 16.5. The number of nitrogens with two attached hydrogens (primary N) is 1. The van der Waals surface area contributed by atoms with Gasteiger partial charge in [0.1, 0.15) is 28.1 Å². The van der Waals surface area contributed by atoms with Crippen LogP contribution in [0.25, 0.3) is 16.6 Å². The number of rotatable bonds is 3. The van der Waals surface area contributed by atoms with E-state index in [0.29, 0.717) is 37.0 Å². The lowest BCUT2D eigenvalue weighted by Crippen LogP contribution is -2.28. The molecule has 0 saturated heterocycles. The molecule has 2 aromatic carbocycles. The van der Waals surface area contributed by atoms with Crippen molar-refractivity contribution in [1.82, 2.24) is 9.47 Å². The van der Waals surface area contributed by atoms with Gasteiger partial charge in [-0.3, -0.25) is 4.90 Å². The SMILES string of the molecule is NS1(=O)=NC=CC(CN2CCOc3c(Cl)cc(-n4ccc5cc(F)ccc54)cc3C2)=C1. The lowest BCUT2D eigenvalue weighted by molar-refractivity contribution is 0.240. The molecule has 3 heterocycles. The second-order valence-corrected chi connectivity index (χ2v) is 9.67. The van der Waals surface area contributed by atoms with E-state index in [0.717, 1.165) is 27.7 Å². The lowest BCUT2D eigenvalue weighted by Gasteiger charge is -2.21. The van der Waals surface area contributed by atoms with Gasteiger partial charge in [-0.1, -0.05) is 11.6 Å². The van der Waals surface area contributed by atoms with E-state index < -0.39 is 9.92 Å². The third-order valence-electron chi connectivity index (χ3n) is 5.32. The maximum absolute atomic E-state index is 13.6. The van der Waals surface area contributed by atoms with E-state index in [1.165, 1.54) is 23.7 Å². The Hall–Kier alpha value is -2.65. The molecule has 9 heteroatoms. The highest BCUT2D eigenvalue weighted by Crippen LogP contribution is 2.35. The van der Waals surface area contributed by atoms with Crippen molar-refractivity contribution in [3.63, 3.8) is 0 Å². The summed E-state index contributed by atoms with van der Waals surface area (Å²) in [5.74, 6) is 0.399. The molecule has 5 rings (SSSR count). The van der Waals surface area contributed by atoms with E-state index >= 15 is 0 Å². The van der Waals surface area contributed by atoms with Crippen LogP contribution >= 0.6 is 11.6 Å². The van der Waals surface area contributed by atoms with Gasteiger partial charge in [-0.15, -0.1) is 0 Å². The van der Waals surface area contributed by atoms with E-state index in [1.807, 2.05) is 35.0 Å². The Labute approximate surface area is 184 Å². The minimum Gasteiger partial charge on any atom is -0.490 e. The van der Waals surface area contributed by atoms with Crippen molar-refractivity contribution >= 4 is 32.4 Å². The van der Waals surface area contributed by atoms with E-state index in [9.17, 15) is 8.60 Å². The number of hydrogen-bond acceptors (Lipinski definition) is 4. The van der Waals surface area contributed by atoms with Crippen molar-refractivity contribution in [2.75, 3.05) is 19.7 Å². The Morgan fingerprint density at radius 3 is 2.97 bits per heavy atom. The first-order chi connectivity index (χ1) is 14.9. The molecule has 3 aromatic rings. The van der Waals surface area contributed by atoms with E-state index in [-0.39, 0.29) is 5.82 Å². The molecule has 0 amide bonds. The van der Waals surface area contributed by atoms with Crippen LogP contribution in [0.4, 0.5) is 4.39 Å². The number of aromatic nitrogens is 1. The van der Waals surface area contributed by atoms with Gasteiger partial charge in [-0.2, -0.15) is 4.36 Å². The highest BCUT2D eigenvalue weighted by atomic mass is 35.5. The molecule has 0 spiro atoms. The van der Waals surface area contributed by atoms with Gasteiger partial charge in [0.15, 0.2) is 0 Å². The van der Waals surface area contributed by atoms with Crippen molar-refractivity contribution < 1.29 is 13.3 Å². The van der Waals surface area contributed by atoms with Crippen molar-refractivity contribution in [3.05, 3.63) is 82.3 Å². The molecule has 0 bridgehead atoms. The molecule has 2 aliphatic heterocycles. The molecule has 0 fully saturated rings. The van der Waals surface area contributed by atoms with Crippen molar-refractivity contribution in [3.8, 4) is 11.4 Å². The number of hydrogen-bond donors (Lipinski definition) is 1. The molecule has 0 aliphatic carbocycles. The smallest absolute Gasteiger partial charge is 0.142 e. The Bertz CT molecular complexity index is 1370. The molecule has 31 heavy (non-hydrogen) atoms. The van der Waals surface area contributed by atoms with Crippen molar-refractivity contribution in [1.29, 1.82) is 0 Å². The first-order valence-corrected chi connectivity index (χ1v) is 11.8. The second kappa shape index (κ2) is 7.80. The molecule has 2 N–H and O–H groups in total. The molecule has 6 nitrogen and oxygen atoms in total. The first-order valence-electron chi connectivity index (χ1n) is 9.74. The number of fused-ring (bicyclic) bond motifs is 2. The Morgan fingerprint density at radius 1 is 1.26 bits per heavy atom. The van der Waals surface area contributed by atoms with Gasteiger partial charge in [-0.25, -0.2) is 13.7 Å². The summed E-state index contributed by atoms with van der Waals surface area (Å²) >= 11 is 6.58. The minimum atomic E-state index is -2.80. The molecular weight excluding hydrogens is 439 g/mol. The predicted octanol–water partition coefficient (Wildman–Crippen LogP) is 4.37. The van der Waals surface area contributed by atoms with Gasteiger partial charge in [0.25, 0.3) is 0 Å². The molecule has 0 radical (unpaired) electrons. The molecule has 1 aromatic heterocycles. The van der Waals surface area contributed by atoms with Crippen LogP contribution in [0.2, 0.25) is 5.02 Å². The zero-order valence-corrected chi connectivity index (χ0v) is 18.1. The number of ether oxygens (including phenoxy) is 1. The summed E-state index contributed by atoms with van der Waals surface area (Å²) in [4.78, 5) is 2.19. The van der Waals surface area contributed by atoms with Crippen LogP contribution in [0.5, 0.6) is 5.75 Å². The van der Waals surface area contributed by atoms with E-state index in [1.54, 1.807) is 6.07 Å². The van der Waals surface area contributed by atoms with E-state index in [4.69, 9.17) is 21.5 Å². The number of nitrogens with zero attached hydrogens (tertiary/aromatic N) is 3. The Balaban J connectivity index is 1.49. The molecule has 0 saturated carbocycles. The van der Waals surface area contributed by atoms with Crippen LogP contribution in [-0.2, 0) is 16.5 Å². The highest BCUT2D eigenvalue weighted by Gasteiger charge is 2.21. The van der Waals surface area contributed by atoms with Crippen molar-refractivity contribution in [2.45, 2.75) is 6.54 Å². The van der Waals surface area contributed by atoms with Gasteiger partial charge in [-0.05, 0) is 48.0 Å². The van der Waals surface area contributed by atoms with Gasteiger partial charge >= 0.3 is 0 Å². The fraction of sp³-hybridized carbons (Fsp3) is 0.182. The summed E-state index contributed by atoms with van der Waals surface area (Å²) in [7, 11) is -2.80. The molecule has 160 valence electrons. The highest BCUT2D eigenvalue weighted by molar-refractivity contribution is 7.94. The predicted molar refractivity (Wildman–Crippen MR) is 121 cm³/mol. The molecular formula is C22H20ClFN4O2S. The summed E-state index contributed by atoms with van der Waals surface area (Å²) < 4.78 is 37.4. The minimum absolute atomic E-state index is 0.269. The van der Waals surface area contributed by atoms with Crippen LogP contribution in [0.3, 0.4) is 0 Å². The molecule has 1 unspecified atom stereocenters. The summed E-state index contributed by atoms with van der Waals surface area (Å²) in [5.41, 5.74) is 3.56. The summed E-state index contributed by atoms with van der Waals surface area (Å²) in [6.07, 6.45) is 5.21. The maximum Gasteiger partial charge on any atom is 0.142 e. The normalized spacial score (nSPS) is 21.2. The van der Waals surface area contributed by atoms with Crippen LogP contribution in [0.15, 0.2) is 70.2 Å². The second-order valence-electron chi connectivity index (χ2n) is 7.59. The third-order valence-corrected chi connectivity index (χ3v) is 6.70. The van der Waals surface area contributed by atoms with Gasteiger partial charge in [0, 0.05) is 54.1 Å².